The maximum Gasteiger partial charge on any atom is 0.222 e. The molecule has 0 atom stereocenters. The molecule has 0 bridgehead atoms. The van der Waals surface area contributed by atoms with Gasteiger partial charge in [-0.25, -0.2) is 0 Å². The highest BCUT2D eigenvalue weighted by Gasteiger charge is 2.19. The molecule has 0 unspecified atom stereocenters. The van der Waals surface area contributed by atoms with E-state index in [1.54, 1.807) is 0 Å². The molecule has 0 saturated carbocycles. The van der Waals surface area contributed by atoms with E-state index in [1.807, 2.05) is 30.0 Å². The van der Waals surface area contributed by atoms with Gasteiger partial charge in [0, 0.05) is 19.5 Å². The maximum atomic E-state index is 11.6. The van der Waals surface area contributed by atoms with Crippen molar-refractivity contribution < 1.29 is 4.79 Å². The molecule has 16 heavy (non-hydrogen) atoms. The van der Waals surface area contributed by atoms with Crippen LogP contribution in [0.4, 0.5) is 0 Å². The minimum atomic E-state index is 0.188. The monoisotopic (exact) mass is 214 g/mol. The van der Waals surface area contributed by atoms with Gasteiger partial charge in [-0.15, -0.1) is 0 Å². The van der Waals surface area contributed by atoms with Gasteiger partial charge in [0.05, 0.1) is 11.6 Å². The third-order valence-electron chi connectivity index (χ3n) is 3.00. The fourth-order valence-electron chi connectivity index (χ4n) is 2.06. The van der Waals surface area contributed by atoms with Gasteiger partial charge in [-0.3, -0.25) is 4.79 Å². The van der Waals surface area contributed by atoms with Gasteiger partial charge in [-0.05, 0) is 29.7 Å². The lowest BCUT2D eigenvalue weighted by molar-refractivity contribution is -0.131. The van der Waals surface area contributed by atoms with Crippen molar-refractivity contribution in [3.63, 3.8) is 0 Å². The van der Waals surface area contributed by atoms with Gasteiger partial charge in [0.2, 0.25) is 5.91 Å². The maximum absolute atomic E-state index is 11.6. The molecule has 0 spiro atoms. The fraction of sp³-hybridized carbons (Fsp3) is 0.385. The Morgan fingerprint density at radius 2 is 2.31 bits per heavy atom. The summed E-state index contributed by atoms with van der Waals surface area (Å²) in [4.78, 5) is 13.5. The minimum absolute atomic E-state index is 0.188. The third kappa shape index (κ3) is 1.92. The van der Waals surface area contributed by atoms with Crippen LogP contribution in [-0.4, -0.2) is 17.4 Å². The molecule has 1 amide bonds. The SMILES string of the molecule is CCC(=O)N1CCc2ccc(C#N)cc2C1. The lowest BCUT2D eigenvalue weighted by Crippen LogP contribution is -2.35. The fourth-order valence-corrected chi connectivity index (χ4v) is 2.06. The lowest BCUT2D eigenvalue weighted by atomic mass is 9.97. The molecule has 1 aliphatic rings. The number of fused-ring (bicyclic) bond motifs is 1. The average Bonchev–Trinajstić information content (AvgIpc) is 2.36. The Morgan fingerprint density at radius 1 is 1.50 bits per heavy atom. The highest BCUT2D eigenvalue weighted by atomic mass is 16.2. The summed E-state index contributed by atoms with van der Waals surface area (Å²) in [6.45, 7) is 3.33. The second-order valence-corrected chi connectivity index (χ2v) is 4.01. The molecule has 3 heteroatoms. The largest absolute Gasteiger partial charge is 0.338 e. The van der Waals surface area contributed by atoms with Gasteiger partial charge >= 0.3 is 0 Å². The van der Waals surface area contributed by atoms with E-state index >= 15 is 0 Å². The van der Waals surface area contributed by atoms with Crippen LogP contribution in [-0.2, 0) is 17.8 Å². The Balaban J connectivity index is 2.25. The Morgan fingerprint density at radius 3 is 3.00 bits per heavy atom. The zero-order chi connectivity index (χ0) is 11.5. The highest BCUT2D eigenvalue weighted by Crippen LogP contribution is 2.20. The molecule has 0 aromatic heterocycles. The van der Waals surface area contributed by atoms with Gasteiger partial charge < -0.3 is 4.90 Å². The summed E-state index contributed by atoms with van der Waals surface area (Å²) in [5, 5.41) is 8.83. The van der Waals surface area contributed by atoms with E-state index in [0.29, 0.717) is 18.5 Å². The van der Waals surface area contributed by atoms with Crippen molar-refractivity contribution in [3.05, 3.63) is 34.9 Å². The van der Waals surface area contributed by atoms with Crippen molar-refractivity contribution in [2.24, 2.45) is 0 Å². The standard InChI is InChI=1S/C13H14N2O/c1-2-13(16)15-6-5-11-4-3-10(8-14)7-12(11)9-15/h3-4,7H,2,5-6,9H2,1H3. The van der Waals surface area contributed by atoms with Crippen molar-refractivity contribution in [2.45, 2.75) is 26.3 Å². The van der Waals surface area contributed by atoms with Crippen molar-refractivity contribution in [1.82, 2.24) is 4.90 Å². The van der Waals surface area contributed by atoms with Crippen LogP contribution in [0.25, 0.3) is 0 Å². The summed E-state index contributed by atoms with van der Waals surface area (Å²) >= 11 is 0. The number of nitrogens with zero attached hydrogens (tertiary/aromatic N) is 2. The summed E-state index contributed by atoms with van der Waals surface area (Å²) in [6, 6.07) is 7.87. The van der Waals surface area contributed by atoms with Gasteiger partial charge in [0.25, 0.3) is 0 Å². The van der Waals surface area contributed by atoms with Crippen LogP contribution >= 0.6 is 0 Å². The van der Waals surface area contributed by atoms with Crippen LogP contribution in [0, 0.1) is 11.3 Å². The first-order chi connectivity index (χ1) is 7.74. The number of amides is 1. The first-order valence-corrected chi connectivity index (χ1v) is 5.54. The molecule has 1 aliphatic heterocycles. The van der Waals surface area contributed by atoms with Gasteiger partial charge in [0.1, 0.15) is 0 Å². The Hall–Kier alpha value is -1.82. The van der Waals surface area contributed by atoms with Gasteiger partial charge in [-0.1, -0.05) is 13.0 Å². The molecule has 3 nitrogen and oxygen atoms in total. The second-order valence-electron chi connectivity index (χ2n) is 4.01. The molecular formula is C13H14N2O. The van der Waals surface area contributed by atoms with E-state index in [-0.39, 0.29) is 5.91 Å². The number of benzene rings is 1. The summed E-state index contributed by atoms with van der Waals surface area (Å²) < 4.78 is 0. The molecule has 1 aromatic carbocycles. The first-order valence-electron chi connectivity index (χ1n) is 5.54. The van der Waals surface area contributed by atoms with Crippen LogP contribution in [0.3, 0.4) is 0 Å². The van der Waals surface area contributed by atoms with E-state index < -0.39 is 0 Å². The molecule has 0 saturated heterocycles. The van der Waals surface area contributed by atoms with E-state index in [9.17, 15) is 4.79 Å². The number of nitriles is 1. The highest BCUT2D eigenvalue weighted by molar-refractivity contribution is 5.76. The molecule has 0 N–H and O–H groups in total. The summed E-state index contributed by atoms with van der Waals surface area (Å²) in [7, 11) is 0. The molecule has 1 aromatic rings. The zero-order valence-corrected chi connectivity index (χ0v) is 9.36. The molecule has 0 aliphatic carbocycles. The predicted molar refractivity (Wildman–Crippen MR) is 60.6 cm³/mol. The van der Waals surface area contributed by atoms with Crippen molar-refractivity contribution in [2.75, 3.05) is 6.54 Å². The molecule has 2 rings (SSSR count). The Labute approximate surface area is 95.3 Å². The average molecular weight is 214 g/mol. The Bertz CT molecular complexity index is 459. The number of carbonyl (C=O) groups is 1. The molecular weight excluding hydrogens is 200 g/mol. The minimum Gasteiger partial charge on any atom is -0.338 e. The van der Waals surface area contributed by atoms with Gasteiger partial charge in [-0.2, -0.15) is 5.26 Å². The molecule has 82 valence electrons. The summed E-state index contributed by atoms with van der Waals surface area (Å²) in [6.07, 6.45) is 1.44. The smallest absolute Gasteiger partial charge is 0.222 e. The number of carbonyl (C=O) groups excluding carboxylic acids is 1. The van der Waals surface area contributed by atoms with Crippen LogP contribution in [0.15, 0.2) is 18.2 Å². The number of rotatable bonds is 1. The quantitative estimate of drug-likeness (QED) is 0.716. The normalized spacial score (nSPS) is 14.1. The Kier molecular flexibility index (Phi) is 2.91. The molecule has 1 heterocycles. The second kappa shape index (κ2) is 4.36. The van der Waals surface area contributed by atoms with Crippen LogP contribution in [0.2, 0.25) is 0 Å². The van der Waals surface area contributed by atoms with E-state index in [1.165, 1.54) is 5.56 Å². The van der Waals surface area contributed by atoms with Gasteiger partial charge in [0.15, 0.2) is 0 Å². The predicted octanol–water partition coefficient (Wildman–Crippen LogP) is 1.85. The lowest BCUT2D eigenvalue weighted by Gasteiger charge is -2.28. The van der Waals surface area contributed by atoms with Crippen molar-refractivity contribution in [3.8, 4) is 6.07 Å². The van der Waals surface area contributed by atoms with Crippen LogP contribution in [0.5, 0.6) is 0 Å². The number of hydrogen-bond acceptors (Lipinski definition) is 2. The topological polar surface area (TPSA) is 44.1 Å². The summed E-state index contributed by atoms with van der Waals surface area (Å²) in [5.41, 5.74) is 3.05. The van der Waals surface area contributed by atoms with E-state index in [2.05, 4.69) is 6.07 Å². The van der Waals surface area contributed by atoms with Crippen molar-refractivity contribution >= 4 is 5.91 Å². The number of hydrogen-bond donors (Lipinski definition) is 0. The third-order valence-corrected chi connectivity index (χ3v) is 3.00. The molecule has 0 fully saturated rings. The van der Waals surface area contributed by atoms with Crippen LogP contribution < -0.4 is 0 Å². The van der Waals surface area contributed by atoms with E-state index in [4.69, 9.17) is 5.26 Å². The first kappa shape index (κ1) is 10.7. The summed E-state index contributed by atoms with van der Waals surface area (Å²) in [5.74, 6) is 0.188. The van der Waals surface area contributed by atoms with E-state index in [0.717, 1.165) is 18.5 Å². The molecule has 0 radical (unpaired) electrons. The van der Waals surface area contributed by atoms with Crippen LogP contribution in [0.1, 0.15) is 30.0 Å². The zero-order valence-electron chi connectivity index (χ0n) is 9.36. The van der Waals surface area contributed by atoms with Crippen molar-refractivity contribution in [1.29, 1.82) is 5.26 Å².